The van der Waals surface area contributed by atoms with E-state index in [0.29, 0.717) is 13.2 Å². The van der Waals surface area contributed by atoms with Gasteiger partial charge in [0.1, 0.15) is 0 Å². The van der Waals surface area contributed by atoms with Crippen LogP contribution in [0.5, 0.6) is 0 Å². The number of rotatable bonds is 7. The molecule has 1 aromatic rings. The van der Waals surface area contributed by atoms with E-state index in [-0.39, 0.29) is 6.61 Å². The van der Waals surface area contributed by atoms with Crippen LogP contribution in [0.1, 0.15) is 11.1 Å². The van der Waals surface area contributed by atoms with E-state index in [1.165, 1.54) is 11.1 Å². The topological polar surface area (TPSA) is 41.5 Å². The van der Waals surface area contributed by atoms with Gasteiger partial charge in [-0.2, -0.15) is 0 Å². The van der Waals surface area contributed by atoms with Crippen LogP contribution in [0.25, 0.3) is 0 Å². The number of ether oxygens (including phenoxy) is 1. The van der Waals surface area contributed by atoms with Gasteiger partial charge in [0.05, 0.1) is 19.8 Å². The van der Waals surface area contributed by atoms with Gasteiger partial charge in [-0.25, -0.2) is 0 Å². The Kier molecular flexibility index (Phi) is 6.64. The molecule has 0 aromatic heterocycles. The zero-order valence-corrected chi connectivity index (χ0v) is 11.1. The van der Waals surface area contributed by atoms with Crippen LogP contribution in [0.3, 0.4) is 0 Å². The highest BCUT2D eigenvalue weighted by Gasteiger charge is 1.98. The molecule has 0 amide bonds. The van der Waals surface area contributed by atoms with Crippen LogP contribution in [0.4, 0.5) is 0 Å². The lowest BCUT2D eigenvalue weighted by molar-refractivity contribution is 0.0938. The number of aliphatic hydroxyl groups excluding tert-OH is 1. The SMILES string of the molecule is Cc1cc(Br)ccc1CNCCOCCO. The Morgan fingerprint density at radius 1 is 1.38 bits per heavy atom. The number of hydrogen-bond acceptors (Lipinski definition) is 3. The predicted molar refractivity (Wildman–Crippen MR) is 68.5 cm³/mol. The Labute approximate surface area is 105 Å². The normalized spacial score (nSPS) is 10.7. The quantitative estimate of drug-likeness (QED) is 0.752. The van der Waals surface area contributed by atoms with Crippen LogP contribution in [0.15, 0.2) is 22.7 Å². The summed E-state index contributed by atoms with van der Waals surface area (Å²) in [5.41, 5.74) is 2.57. The molecule has 0 aliphatic carbocycles. The molecule has 0 radical (unpaired) electrons. The van der Waals surface area contributed by atoms with Crippen molar-refractivity contribution in [1.29, 1.82) is 0 Å². The second kappa shape index (κ2) is 7.79. The van der Waals surface area contributed by atoms with Crippen LogP contribution in [-0.2, 0) is 11.3 Å². The minimum Gasteiger partial charge on any atom is -0.394 e. The molecule has 0 spiro atoms. The third-order valence-electron chi connectivity index (χ3n) is 2.28. The lowest BCUT2D eigenvalue weighted by Crippen LogP contribution is -2.20. The molecule has 0 heterocycles. The van der Waals surface area contributed by atoms with Gasteiger partial charge < -0.3 is 15.2 Å². The highest BCUT2D eigenvalue weighted by atomic mass is 79.9. The molecule has 1 rings (SSSR count). The summed E-state index contributed by atoms with van der Waals surface area (Å²) in [4.78, 5) is 0. The summed E-state index contributed by atoms with van der Waals surface area (Å²) in [6, 6.07) is 6.27. The zero-order chi connectivity index (χ0) is 11.8. The fraction of sp³-hybridized carbons (Fsp3) is 0.500. The Balaban J connectivity index is 2.21. The first-order valence-corrected chi connectivity index (χ1v) is 6.17. The maximum atomic E-state index is 8.51. The molecule has 0 saturated heterocycles. The first kappa shape index (κ1) is 13.6. The summed E-state index contributed by atoms with van der Waals surface area (Å²) in [5, 5.41) is 11.8. The van der Waals surface area contributed by atoms with Crippen molar-refractivity contribution in [3.05, 3.63) is 33.8 Å². The highest BCUT2D eigenvalue weighted by Crippen LogP contribution is 2.15. The van der Waals surface area contributed by atoms with Crippen LogP contribution >= 0.6 is 15.9 Å². The minimum atomic E-state index is 0.0891. The van der Waals surface area contributed by atoms with Crippen LogP contribution in [0, 0.1) is 6.92 Å². The summed E-state index contributed by atoms with van der Waals surface area (Å²) in [6.07, 6.45) is 0. The van der Waals surface area contributed by atoms with Crippen molar-refractivity contribution in [2.75, 3.05) is 26.4 Å². The van der Waals surface area contributed by atoms with Gasteiger partial charge in [0.15, 0.2) is 0 Å². The van der Waals surface area contributed by atoms with E-state index in [4.69, 9.17) is 9.84 Å². The molecule has 16 heavy (non-hydrogen) atoms. The second-order valence-corrected chi connectivity index (χ2v) is 4.50. The van der Waals surface area contributed by atoms with Gasteiger partial charge in [-0.3, -0.25) is 0 Å². The van der Waals surface area contributed by atoms with Crippen molar-refractivity contribution >= 4 is 15.9 Å². The zero-order valence-electron chi connectivity index (χ0n) is 9.50. The molecular weight excluding hydrogens is 270 g/mol. The first-order valence-electron chi connectivity index (χ1n) is 5.38. The average molecular weight is 288 g/mol. The molecule has 0 aliphatic rings. The van der Waals surface area contributed by atoms with E-state index in [2.05, 4.69) is 40.3 Å². The van der Waals surface area contributed by atoms with E-state index >= 15 is 0 Å². The highest BCUT2D eigenvalue weighted by molar-refractivity contribution is 9.10. The molecule has 3 nitrogen and oxygen atoms in total. The monoisotopic (exact) mass is 287 g/mol. The van der Waals surface area contributed by atoms with Crippen LogP contribution in [-0.4, -0.2) is 31.5 Å². The number of aliphatic hydroxyl groups is 1. The smallest absolute Gasteiger partial charge is 0.0698 e. The minimum absolute atomic E-state index is 0.0891. The summed E-state index contributed by atoms with van der Waals surface area (Å²) in [7, 11) is 0. The second-order valence-electron chi connectivity index (χ2n) is 3.58. The summed E-state index contributed by atoms with van der Waals surface area (Å²) < 4.78 is 6.26. The molecule has 0 bridgehead atoms. The number of halogens is 1. The van der Waals surface area contributed by atoms with Gasteiger partial charge in [0.2, 0.25) is 0 Å². The summed E-state index contributed by atoms with van der Waals surface area (Å²) in [5.74, 6) is 0. The van der Waals surface area contributed by atoms with Gasteiger partial charge >= 0.3 is 0 Å². The molecular formula is C12H18BrNO2. The Morgan fingerprint density at radius 3 is 2.88 bits per heavy atom. The molecule has 0 fully saturated rings. The maximum absolute atomic E-state index is 8.51. The van der Waals surface area contributed by atoms with E-state index in [9.17, 15) is 0 Å². The van der Waals surface area contributed by atoms with Crippen LogP contribution in [0.2, 0.25) is 0 Å². The molecule has 0 saturated carbocycles. The van der Waals surface area contributed by atoms with Gasteiger partial charge in [0.25, 0.3) is 0 Å². The van der Waals surface area contributed by atoms with Crippen molar-refractivity contribution in [1.82, 2.24) is 5.32 Å². The summed E-state index contributed by atoms with van der Waals surface area (Å²) in [6.45, 7) is 4.89. The average Bonchev–Trinajstić information content (AvgIpc) is 2.26. The molecule has 0 aliphatic heterocycles. The van der Waals surface area contributed by atoms with Crippen molar-refractivity contribution in [3.8, 4) is 0 Å². The standard InChI is InChI=1S/C12H18BrNO2/c1-10-8-12(13)3-2-11(10)9-14-4-6-16-7-5-15/h2-3,8,14-15H,4-7,9H2,1H3. The lowest BCUT2D eigenvalue weighted by atomic mass is 10.1. The van der Waals surface area contributed by atoms with Crippen molar-refractivity contribution in [2.24, 2.45) is 0 Å². The number of aryl methyl sites for hydroxylation is 1. The first-order chi connectivity index (χ1) is 7.74. The van der Waals surface area contributed by atoms with Crippen molar-refractivity contribution in [2.45, 2.75) is 13.5 Å². The fourth-order valence-electron chi connectivity index (χ4n) is 1.39. The third-order valence-corrected chi connectivity index (χ3v) is 2.77. The Morgan fingerprint density at radius 2 is 2.19 bits per heavy atom. The molecule has 90 valence electrons. The Bertz CT molecular complexity index is 318. The third kappa shape index (κ3) is 5.07. The number of nitrogens with one attached hydrogen (secondary N) is 1. The summed E-state index contributed by atoms with van der Waals surface area (Å²) >= 11 is 3.44. The molecule has 2 N–H and O–H groups in total. The number of hydrogen-bond donors (Lipinski definition) is 2. The number of benzene rings is 1. The van der Waals surface area contributed by atoms with E-state index < -0.39 is 0 Å². The van der Waals surface area contributed by atoms with Crippen molar-refractivity contribution < 1.29 is 9.84 Å². The van der Waals surface area contributed by atoms with Gasteiger partial charge in [0, 0.05) is 17.6 Å². The van der Waals surface area contributed by atoms with E-state index in [0.717, 1.165) is 17.6 Å². The maximum Gasteiger partial charge on any atom is 0.0698 e. The molecule has 0 atom stereocenters. The van der Waals surface area contributed by atoms with Gasteiger partial charge in [-0.05, 0) is 30.2 Å². The lowest BCUT2D eigenvalue weighted by Gasteiger charge is -2.08. The van der Waals surface area contributed by atoms with Gasteiger partial charge in [-0.1, -0.05) is 22.0 Å². The van der Waals surface area contributed by atoms with Crippen molar-refractivity contribution in [3.63, 3.8) is 0 Å². The molecule has 4 heteroatoms. The Hall–Kier alpha value is -0.420. The van der Waals surface area contributed by atoms with E-state index in [1.54, 1.807) is 0 Å². The molecule has 0 unspecified atom stereocenters. The van der Waals surface area contributed by atoms with Gasteiger partial charge in [-0.15, -0.1) is 0 Å². The fourth-order valence-corrected chi connectivity index (χ4v) is 1.87. The largest absolute Gasteiger partial charge is 0.394 e. The molecule has 1 aromatic carbocycles. The predicted octanol–water partition coefficient (Wildman–Crippen LogP) is 1.86. The van der Waals surface area contributed by atoms with Crippen LogP contribution < -0.4 is 5.32 Å². The van der Waals surface area contributed by atoms with E-state index in [1.807, 2.05) is 6.07 Å².